The van der Waals surface area contributed by atoms with Crippen molar-refractivity contribution in [1.29, 1.82) is 0 Å². The minimum absolute atomic E-state index is 0.111. The van der Waals surface area contributed by atoms with Crippen molar-refractivity contribution in [3.05, 3.63) is 10.6 Å². The Bertz CT molecular complexity index is 444. The number of thiazole rings is 1. The molecule has 5 nitrogen and oxygen atoms in total. The second-order valence-electron chi connectivity index (χ2n) is 5.40. The number of aryl methyl sites for hydroxylation is 1. The van der Waals surface area contributed by atoms with Crippen LogP contribution in [-0.4, -0.2) is 37.8 Å². The van der Waals surface area contributed by atoms with E-state index >= 15 is 0 Å². The molecule has 0 aliphatic rings. The second-order valence-corrected chi connectivity index (χ2v) is 6.61. The quantitative estimate of drug-likeness (QED) is 0.748. The van der Waals surface area contributed by atoms with Crippen molar-refractivity contribution in [3.63, 3.8) is 0 Å². The average Bonchev–Trinajstić information content (AvgIpc) is 2.76. The predicted molar refractivity (Wildman–Crippen MR) is 81.6 cm³/mol. The van der Waals surface area contributed by atoms with Crippen molar-refractivity contribution in [2.24, 2.45) is 5.41 Å². The Balaban J connectivity index is 2.61. The largest absolute Gasteiger partial charge is 0.461 e. The number of carbonyl (C=O) groups excluding carboxylic acids is 1. The number of methoxy groups -OCH3 is 1. The minimum Gasteiger partial charge on any atom is -0.461 e. The molecule has 114 valence electrons. The highest BCUT2D eigenvalue weighted by Crippen LogP contribution is 2.26. The highest BCUT2D eigenvalue weighted by atomic mass is 32.1. The van der Waals surface area contributed by atoms with E-state index in [0.717, 1.165) is 29.6 Å². The number of ether oxygens (including phenoxy) is 2. The van der Waals surface area contributed by atoms with E-state index in [1.54, 1.807) is 14.0 Å². The first-order chi connectivity index (χ1) is 9.39. The molecule has 0 fully saturated rings. The predicted octanol–water partition coefficient (Wildman–Crippen LogP) is 3.10. The number of rotatable bonds is 8. The molecule has 0 aliphatic carbocycles. The molecule has 0 saturated carbocycles. The van der Waals surface area contributed by atoms with E-state index in [0.29, 0.717) is 12.3 Å². The van der Waals surface area contributed by atoms with Gasteiger partial charge in [-0.3, -0.25) is 0 Å². The molecule has 1 heterocycles. The fraction of sp³-hybridized carbons (Fsp3) is 0.714. The molecule has 0 bridgehead atoms. The van der Waals surface area contributed by atoms with Gasteiger partial charge in [-0.1, -0.05) is 13.8 Å². The third-order valence-electron chi connectivity index (χ3n) is 2.97. The SMILES string of the molecule is CCOC(=O)c1nc(NCC(C)(C)CCOC)sc1C. The lowest BCUT2D eigenvalue weighted by Crippen LogP contribution is -2.24. The highest BCUT2D eigenvalue weighted by Gasteiger charge is 2.20. The molecule has 0 amide bonds. The number of esters is 1. The molecule has 6 heteroatoms. The van der Waals surface area contributed by atoms with Gasteiger partial charge >= 0.3 is 5.97 Å². The van der Waals surface area contributed by atoms with Gasteiger partial charge in [-0.25, -0.2) is 9.78 Å². The Labute approximate surface area is 124 Å². The zero-order chi connectivity index (χ0) is 15.2. The fourth-order valence-electron chi connectivity index (χ4n) is 1.64. The zero-order valence-electron chi connectivity index (χ0n) is 12.9. The van der Waals surface area contributed by atoms with Crippen LogP contribution in [0.4, 0.5) is 5.13 Å². The number of anilines is 1. The molecule has 1 rings (SSSR count). The molecule has 1 aromatic heterocycles. The third-order valence-corrected chi connectivity index (χ3v) is 3.90. The van der Waals surface area contributed by atoms with Gasteiger partial charge < -0.3 is 14.8 Å². The summed E-state index contributed by atoms with van der Waals surface area (Å²) in [7, 11) is 1.71. The molecular weight excluding hydrogens is 276 g/mol. The van der Waals surface area contributed by atoms with Crippen LogP contribution in [0, 0.1) is 12.3 Å². The summed E-state index contributed by atoms with van der Waals surface area (Å²) in [5.74, 6) is -0.354. The van der Waals surface area contributed by atoms with E-state index in [9.17, 15) is 4.79 Å². The third kappa shape index (κ3) is 5.09. The minimum atomic E-state index is -0.354. The van der Waals surface area contributed by atoms with Crippen molar-refractivity contribution in [2.75, 3.05) is 32.2 Å². The Morgan fingerprint density at radius 2 is 2.15 bits per heavy atom. The standard InChI is InChI=1S/C14H24N2O3S/c1-6-19-12(17)11-10(2)20-13(16-11)15-9-14(3,4)7-8-18-5/h6-9H2,1-5H3,(H,15,16). The average molecular weight is 300 g/mol. The van der Waals surface area contributed by atoms with Gasteiger partial charge in [0.25, 0.3) is 0 Å². The Morgan fingerprint density at radius 3 is 2.75 bits per heavy atom. The fourth-order valence-corrected chi connectivity index (χ4v) is 2.44. The normalized spacial score (nSPS) is 11.4. The zero-order valence-corrected chi connectivity index (χ0v) is 13.7. The van der Waals surface area contributed by atoms with Crippen LogP contribution in [0.1, 0.15) is 42.6 Å². The molecular formula is C14H24N2O3S. The maximum atomic E-state index is 11.7. The molecule has 0 atom stereocenters. The van der Waals surface area contributed by atoms with Gasteiger partial charge in [0, 0.05) is 25.1 Å². The van der Waals surface area contributed by atoms with Crippen molar-refractivity contribution in [2.45, 2.75) is 34.1 Å². The van der Waals surface area contributed by atoms with Gasteiger partial charge in [-0.2, -0.15) is 0 Å². The Morgan fingerprint density at radius 1 is 1.45 bits per heavy atom. The van der Waals surface area contributed by atoms with Gasteiger partial charge in [0.2, 0.25) is 0 Å². The van der Waals surface area contributed by atoms with E-state index in [-0.39, 0.29) is 11.4 Å². The van der Waals surface area contributed by atoms with Gasteiger partial charge in [0.15, 0.2) is 10.8 Å². The number of nitrogens with zero attached hydrogens (tertiary/aromatic N) is 1. The van der Waals surface area contributed by atoms with E-state index < -0.39 is 0 Å². The maximum absolute atomic E-state index is 11.7. The maximum Gasteiger partial charge on any atom is 0.358 e. The molecule has 0 aliphatic heterocycles. The monoisotopic (exact) mass is 300 g/mol. The van der Waals surface area contributed by atoms with Gasteiger partial charge in [-0.15, -0.1) is 11.3 Å². The van der Waals surface area contributed by atoms with E-state index in [2.05, 4.69) is 24.1 Å². The Kier molecular flexibility index (Phi) is 6.42. The van der Waals surface area contributed by atoms with Crippen molar-refractivity contribution in [3.8, 4) is 0 Å². The van der Waals surface area contributed by atoms with Crippen LogP contribution in [-0.2, 0) is 9.47 Å². The first-order valence-electron chi connectivity index (χ1n) is 6.77. The summed E-state index contributed by atoms with van der Waals surface area (Å²) in [6.45, 7) is 9.90. The number of hydrogen-bond acceptors (Lipinski definition) is 6. The molecule has 0 radical (unpaired) electrons. The first kappa shape index (κ1) is 16.9. The van der Waals surface area contributed by atoms with Crippen LogP contribution in [0.2, 0.25) is 0 Å². The smallest absolute Gasteiger partial charge is 0.358 e. The van der Waals surface area contributed by atoms with E-state index in [4.69, 9.17) is 9.47 Å². The summed E-state index contributed by atoms with van der Waals surface area (Å²) in [6, 6.07) is 0. The van der Waals surface area contributed by atoms with Crippen molar-refractivity contribution < 1.29 is 14.3 Å². The lowest BCUT2D eigenvalue weighted by atomic mass is 9.90. The summed E-state index contributed by atoms with van der Waals surface area (Å²) in [5.41, 5.74) is 0.522. The molecule has 1 aromatic rings. The van der Waals surface area contributed by atoms with Crippen molar-refractivity contribution in [1.82, 2.24) is 4.98 Å². The molecule has 0 saturated heterocycles. The van der Waals surface area contributed by atoms with Crippen LogP contribution in [0.25, 0.3) is 0 Å². The van der Waals surface area contributed by atoms with Crippen LogP contribution >= 0.6 is 11.3 Å². The van der Waals surface area contributed by atoms with Crippen LogP contribution in [0.5, 0.6) is 0 Å². The molecule has 20 heavy (non-hydrogen) atoms. The number of nitrogens with one attached hydrogen (secondary N) is 1. The summed E-state index contributed by atoms with van der Waals surface area (Å²) in [6.07, 6.45) is 0.964. The van der Waals surface area contributed by atoms with Crippen molar-refractivity contribution >= 4 is 22.4 Å². The van der Waals surface area contributed by atoms with Crippen LogP contribution in [0.15, 0.2) is 0 Å². The topological polar surface area (TPSA) is 60.5 Å². The lowest BCUT2D eigenvalue weighted by molar-refractivity contribution is 0.0519. The van der Waals surface area contributed by atoms with Gasteiger partial charge in [0.05, 0.1) is 6.61 Å². The molecule has 0 aromatic carbocycles. The highest BCUT2D eigenvalue weighted by molar-refractivity contribution is 7.15. The van der Waals surface area contributed by atoms with Crippen LogP contribution in [0.3, 0.4) is 0 Å². The van der Waals surface area contributed by atoms with E-state index in [1.807, 2.05) is 6.92 Å². The summed E-state index contributed by atoms with van der Waals surface area (Å²) < 4.78 is 10.1. The van der Waals surface area contributed by atoms with E-state index in [1.165, 1.54) is 11.3 Å². The van der Waals surface area contributed by atoms with Crippen LogP contribution < -0.4 is 5.32 Å². The second kappa shape index (κ2) is 7.59. The summed E-state index contributed by atoms with van der Waals surface area (Å²) in [5, 5.41) is 4.06. The Hall–Kier alpha value is -1.14. The summed E-state index contributed by atoms with van der Waals surface area (Å²) in [4.78, 5) is 16.9. The molecule has 0 unspecified atom stereocenters. The number of hydrogen-bond donors (Lipinski definition) is 1. The first-order valence-corrected chi connectivity index (χ1v) is 7.58. The lowest BCUT2D eigenvalue weighted by Gasteiger charge is -2.24. The number of aromatic nitrogens is 1. The number of carbonyl (C=O) groups is 1. The molecule has 0 spiro atoms. The van der Waals surface area contributed by atoms with Gasteiger partial charge in [-0.05, 0) is 25.7 Å². The molecule has 1 N–H and O–H groups in total. The summed E-state index contributed by atoms with van der Waals surface area (Å²) >= 11 is 1.48. The van der Waals surface area contributed by atoms with Gasteiger partial charge in [0.1, 0.15) is 0 Å².